The van der Waals surface area contributed by atoms with E-state index in [-0.39, 0.29) is 17.6 Å². The van der Waals surface area contributed by atoms with Crippen LogP contribution in [0.15, 0.2) is 18.3 Å². The monoisotopic (exact) mass is 280 g/mol. The van der Waals surface area contributed by atoms with Gasteiger partial charge in [0.2, 0.25) is 0 Å². The average Bonchev–Trinajstić information content (AvgIpc) is 2.45. The standard InChI is InChI=1S/C14H20N2O4/c1-3-4-5-11(9-20-2)16-13(17)10-6-7-12(14(18)19)15-8-10/h6-8,11H,3-5,9H2,1-2H3,(H,16,17)(H,18,19). The third kappa shape index (κ3) is 4.97. The molecule has 1 atom stereocenters. The quantitative estimate of drug-likeness (QED) is 0.757. The first-order valence-corrected chi connectivity index (χ1v) is 6.57. The minimum absolute atomic E-state index is 0.0494. The number of rotatable bonds is 8. The van der Waals surface area contributed by atoms with Crippen molar-refractivity contribution in [2.24, 2.45) is 0 Å². The molecule has 6 heteroatoms. The van der Waals surface area contributed by atoms with Crippen LogP contribution in [0.2, 0.25) is 0 Å². The zero-order valence-electron chi connectivity index (χ0n) is 11.8. The third-order valence-electron chi connectivity index (χ3n) is 2.85. The van der Waals surface area contributed by atoms with E-state index in [1.807, 2.05) is 0 Å². The van der Waals surface area contributed by atoms with Gasteiger partial charge in [-0.05, 0) is 18.6 Å². The fourth-order valence-electron chi connectivity index (χ4n) is 1.77. The summed E-state index contributed by atoms with van der Waals surface area (Å²) in [6.07, 6.45) is 4.16. The zero-order chi connectivity index (χ0) is 15.0. The number of carbonyl (C=O) groups excluding carboxylic acids is 1. The smallest absolute Gasteiger partial charge is 0.354 e. The minimum Gasteiger partial charge on any atom is -0.477 e. The Labute approximate surface area is 118 Å². The van der Waals surface area contributed by atoms with Gasteiger partial charge in [-0.2, -0.15) is 0 Å². The number of carbonyl (C=O) groups is 2. The number of unbranched alkanes of at least 4 members (excludes halogenated alkanes) is 1. The Balaban J connectivity index is 2.65. The van der Waals surface area contributed by atoms with Gasteiger partial charge in [-0.3, -0.25) is 4.79 Å². The summed E-state index contributed by atoms with van der Waals surface area (Å²) in [5.41, 5.74) is 0.258. The SMILES string of the molecule is CCCCC(COC)NC(=O)c1ccc(C(=O)O)nc1. The molecule has 0 aromatic carbocycles. The van der Waals surface area contributed by atoms with Crippen molar-refractivity contribution in [3.05, 3.63) is 29.6 Å². The van der Waals surface area contributed by atoms with E-state index in [4.69, 9.17) is 9.84 Å². The van der Waals surface area contributed by atoms with Crippen LogP contribution >= 0.6 is 0 Å². The van der Waals surface area contributed by atoms with Gasteiger partial charge in [0.15, 0.2) is 0 Å². The van der Waals surface area contributed by atoms with Crippen molar-refractivity contribution in [3.63, 3.8) is 0 Å². The second-order valence-corrected chi connectivity index (χ2v) is 4.51. The molecular weight excluding hydrogens is 260 g/mol. The molecule has 0 aliphatic rings. The van der Waals surface area contributed by atoms with Crippen molar-refractivity contribution < 1.29 is 19.4 Å². The Kier molecular flexibility index (Phi) is 6.66. The molecule has 1 aromatic heterocycles. The molecule has 20 heavy (non-hydrogen) atoms. The van der Waals surface area contributed by atoms with Gasteiger partial charge in [0.05, 0.1) is 18.2 Å². The highest BCUT2D eigenvalue weighted by Crippen LogP contribution is 2.05. The van der Waals surface area contributed by atoms with E-state index in [1.165, 1.54) is 18.3 Å². The molecule has 0 aliphatic heterocycles. The lowest BCUT2D eigenvalue weighted by atomic mass is 10.1. The fourth-order valence-corrected chi connectivity index (χ4v) is 1.77. The number of nitrogens with zero attached hydrogens (tertiary/aromatic N) is 1. The molecule has 0 bridgehead atoms. The van der Waals surface area contributed by atoms with E-state index in [0.29, 0.717) is 12.2 Å². The van der Waals surface area contributed by atoms with Crippen LogP contribution in [0.5, 0.6) is 0 Å². The maximum absolute atomic E-state index is 12.0. The number of carboxylic acid groups (broad SMARTS) is 1. The number of nitrogens with one attached hydrogen (secondary N) is 1. The summed E-state index contributed by atoms with van der Waals surface area (Å²) in [5.74, 6) is -1.38. The second-order valence-electron chi connectivity index (χ2n) is 4.51. The van der Waals surface area contributed by atoms with Crippen LogP contribution in [0.4, 0.5) is 0 Å². The highest BCUT2D eigenvalue weighted by Gasteiger charge is 2.14. The Morgan fingerprint density at radius 1 is 1.45 bits per heavy atom. The number of amides is 1. The molecule has 0 spiro atoms. The molecule has 1 aromatic rings. The van der Waals surface area contributed by atoms with Gasteiger partial charge < -0.3 is 15.2 Å². The molecule has 1 amide bonds. The van der Waals surface area contributed by atoms with Gasteiger partial charge in [-0.1, -0.05) is 19.8 Å². The van der Waals surface area contributed by atoms with Crippen LogP contribution < -0.4 is 5.32 Å². The topological polar surface area (TPSA) is 88.5 Å². The van der Waals surface area contributed by atoms with E-state index >= 15 is 0 Å². The largest absolute Gasteiger partial charge is 0.477 e. The first-order chi connectivity index (χ1) is 9.58. The molecule has 0 fully saturated rings. The maximum atomic E-state index is 12.0. The number of hydrogen-bond acceptors (Lipinski definition) is 4. The third-order valence-corrected chi connectivity index (χ3v) is 2.85. The van der Waals surface area contributed by atoms with Crippen LogP contribution in [0, 0.1) is 0 Å². The number of carboxylic acids is 1. The zero-order valence-corrected chi connectivity index (χ0v) is 11.8. The Morgan fingerprint density at radius 3 is 2.70 bits per heavy atom. The summed E-state index contributed by atoms with van der Waals surface area (Å²) in [6, 6.07) is 2.72. The molecule has 0 aliphatic carbocycles. The van der Waals surface area contributed by atoms with Gasteiger partial charge in [-0.25, -0.2) is 9.78 Å². The summed E-state index contributed by atoms with van der Waals surface area (Å²) in [7, 11) is 1.59. The summed E-state index contributed by atoms with van der Waals surface area (Å²) in [4.78, 5) is 26.4. The van der Waals surface area contributed by atoms with Crippen molar-refractivity contribution in [2.45, 2.75) is 32.2 Å². The molecule has 1 unspecified atom stereocenters. The van der Waals surface area contributed by atoms with Crippen molar-refractivity contribution in [2.75, 3.05) is 13.7 Å². The molecule has 1 heterocycles. The number of aromatic nitrogens is 1. The van der Waals surface area contributed by atoms with Crippen molar-refractivity contribution in [3.8, 4) is 0 Å². The Hall–Kier alpha value is -1.95. The lowest BCUT2D eigenvalue weighted by Crippen LogP contribution is -2.38. The lowest BCUT2D eigenvalue weighted by Gasteiger charge is -2.17. The van der Waals surface area contributed by atoms with Crippen molar-refractivity contribution in [1.82, 2.24) is 10.3 Å². The van der Waals surface area contributed by atoms with E-state index in [2.05, 4.69) is 17.2 Å². The molecule has 1 rings (SSSR count). The number of methoxy groups -OCH3 is 1. The number of aromatic carboxylic acids is 1. The molecule has 0 saturated carbocycles. The highest BCUT2D eigenvalue weighted by atomic mass is 16.5. The van der Waals surface area contributed by atoms with Crippen LogP contribution in [0.25, 0.3) is 0 Å². The number of ether oxygens (including phenoxy) is 1. The van der Waals surface area contributed by atoms with Crippen LogP contribution in [-0.4, -0.2) is 41.7 Å². The minimum atomic E-state index is -1.11. The van der Waals surface area contributed by atoms with E-state index < -0.39 is 5.97 Å². The van der Waals surface area contributed by atoms with E-state index in [9.17, 15) is 9.59 Å². The first-order valence-electron chi connectivity index (χ1n) is 6.57. The predicted octanol–water partition coefficient (Wildman–Crippen LogP) is 1.71. The average molecular weight is 280 g/mol. The summed E-state index contributed by atoms with van der Waals surface area (Å²) >= 11 is 0. The maximum Gasteiger partial charge on any atom is 0.354 e. The highest BCUT2D eigenvalue weighted by molar-refractivity contribution is 5.95. The summed E-state index contributed by atoms with van der Waals surface area (Å²) in [6.45, 7) is 2.53. The molecule has 2 N–H and O–H groups in total. The van der Waals surface area contributed by atoms with Gasteiger partial charge in [0.25, 0.3) is 5.91 Å². The fraction of sp³-hybridized carbons (Fsp3) is 0.500. The van der Waals surface area contributed by atoms with Gasteiger partial charge in [0, 0.05) is 13.3 Å². The van der Waals surface area contributed by atoms with Gasteiger partial charge >= 0.3 is 5.97 Å². The molecular formula is C14H20N2O4. The normalized spacial score (nSPS) is 11.9. The first kappa shape index (κ1) is 16.1. The summed E-state index contributed by atoms with van der Waals surface area (Å²) < 4.78 is 5.08. The van der Waals surface area contributed by atoms with Crippen LogP contribution in [-0.2, 0) is 4.74 Å². The Bertz CT molecular complexity index is 445. The van der Waals surface area contributed by atoms with Gasteiger partial charge in [0.1, 0.15) is 5.69 Å². The molecule has 110 valence electrons. The van der Waals surface area contributed by atoms with Crippen molar-refractivity contribution in [1.29, 1.82) is 0 Å². The van der Waals surface area contributed by atoms with Crippen molar-refractivity contribution >= 4 is 11.9 Å². The molecule has 0 radical (unpaired) electrons. The van der Waals surface area contributed by atoms with E-state index in [1.54, 1.807) is 7.11 Å². The molecule has 6 nitrogen and oxygen atoms in total. The van der Waals surface area contributed by atoms with Crippen LogP contribution in [0.3, 0.4) is 0 Å². The predicted molar refractivity (Wildman–Crippen MR) is 73.9 cm³/mol. The molecule has 0 saturated heterocycles. The number of hydrogen-bond donors (Lipinski definition) is 2. The Morgan fingerprint density at radius 2 is 2.20 bits per heavy atom. The van der Waals surface area contributed by atoms with Gasteiger partial charge in [-0.15, -0.1) is 0 Å². The van der Waals surface area contributed by atoms with Crippen LogP contribution in [0.1, 0.15) is 47.0 Å². The second kappa shape index (κ2) is 8.27. The lowest BCUT2D eigenvalue weighted by molar-refractivity contribution is 0.0689. The summed E-state index contributed by atoms with van der Waals surface area (Å²) in [5, 5.41) is 11.6. The van der Waals surface area contributed by atoms with E-state index in [0.717, 1.165) is 19.3 Å². The number of pyridine rings is 1.